The number of imidazole rings is 1. The first kappa shape index (κ1) is 24.7. The fourth-order valence-electron chi connectivity index (χ4n) is 3.05. The van der Waals surface area contributed by atoms with Crippen LogP contribution in [0.1, 0.15) is 22.5 Å². The zero-order chi connectivity index (χ0) is 21.4. The molecule has 0 unspecified atom stereocenters. The van der Waals surface area contributed by atoms with Crippen molar-refractivity contribution in [3.05, 3.63) is 89.5 Å². The van der Waals surface area contributed by atoms with E-state index in [4.69, 9.17) is 0 Å². The molecule has 0 aliphatic carbocycles. The molecule has 0 aliphatic rings. The molecule has 3 aromatic rings. The molecule has 0 bridgehead atoms. The maximum Gasteiger partial charge on any atom is 0.416 e. The topological polar surface area (TPSA) is 54.2 Å². The minimum Gasteiger partial charge on any atom is -0.356 e. The van der Waals surface area contributed by atoms with Crippen LogP contribution < -0.4 is 10.6 Å². The predicted molar refractivity (Wildman–Crippen MR) is 127 cm³/mol. The lowest BCUT2D eigenvalue weighted by Gasteiger charge is -2.14. The van der Waals surface area contributed by atoms with Crippen LogP contribution >= 0.6 is 24.0 Å². The molecule has 31 heavy (non-hydrogen) atoms. The van der Waals surface area contributed by atoms with Crippen molar-refractivity contribution in [3.63, 3.8) is 0 Å². The lowest BCUT2D eigenvalue weighted by atomic mass is 10.1. The number of hydrogen-bond acceptors (Lipinski definition) is 2. The maximum absolute atomic E-state index is 12.8. The average Bonchev–Trinajstić information content (AvgIpc) is 3.17. The van der Waals surface area contributed by atoms with Crippen molar-refractivity contribution in [2.75, 3.05) is 13.6 Å². The second kappa shape index (κ2) is 11.7. The number of aromatic nitrogens is 2. The Balaban J connectivity index is 0.00000341. The maximum atomic E-state index is 12.8. The van der Waals surface area contributed by atoms with Gasteiger partial charge in [-0.15, -0.1) is 24.0 Å². The van der Waals surface area contributed by atoms with Crippen LogP contribution in [0, 0.1) is 0 Å². The Morgan fingerprint density at radius 1 is 1.03 bits per heavy atom. The highest BCUT2D eigenvalue weighted by Gasteiger charge is 2.30. The van der Waals surface area contributed by atoms with Crippen LogP contribution in [0.5, 0.6) is 0 Å². The van der Waals surface area contributed by atoms with E-state index in [0.29, 0.717) is 24.5 Å². The number of benzene rings is 2. The summed E-state index contributed by atoms with van der Waals surface area (Å²) in [5.74, 6) is 1.47. The van der Waals surface area contributed by atoms with Crippen LogP contribution in [0.3, 0.4) is 0 Å². The Labute approximate surface area is 196 Å². The SMILES string of the molecule is CN=C(NCCc1nccn1Cc1ccccc1)NCc1cccc(C(F)(F)F)c1.I. The minimum absolute atomic E-state index is 0. The molecule has 1 aromatic heterocycles. The lowest BCUT2D eigenvalue weighted by molar-refractivity contribution is -0.137. The highest BCUT2D eigenvalue weighted by Crippen LogP contribution is 2.29. The van der Waals surface area contributed by atoms with Crippen molar-refractivity contribution in [2.45, 2.75) is 25.7 Å². The van der Waals surface area contributed by atoms with Crippen LogP contribution in [0.25, 0.3) is 0 Å². The van der Waals surface area contributed by atoms with Gasteiger partial charge in [0.2, 0.25) is 0 Å². The highest BCUT2D eigenvalue weighted by molar-refractivity contribution is 14.0. The molecular weight excluding hydrogens is 518 g/mol. The number of alkyl halides is 3. The van der Waals surface area contributed by atoms with Gasteiger partial charge in [-0.3, -0.25) is 4.99 Å². The van der Waals surface area contributed by atoms with E-state index in [9.17, 15) is 13.2 Å². The number of guanidine groups is 1. The predicted octanol–water partition coefficient (Wildman–Crippen LogP) is 4.48. The molecule has 2 aromatic carbocycles. The van der Waals surface area contributed by atoms with Gasteiger partial charge in [0.25, 0.3) is 0 Å². The summed E-state index contributed by atoms with van der Waals surface area (Å²) < 4.78 is 40.6. The second-order valence-corrected chi connectivity index (χ2v) is 6.76. The standard InChI is InChI=1S/C22H24F3N5.HI/c1-26-21(29-15-18-8-5-9-19(14-18)22(23,24)25)28-11-10-20-27-12-13-30(20)16-17-6-3-2-4-7-17;/h2-9,12-14H,10-11,15-16H2,1H3,(H2,26,28,29);1H. The molecule has 2 N–H and O–H groups in total. The van der Waals surface area contributed by atoms with Gasteiger partial charge in [-0.2, -0.15) is 13.2 Å². The first-order valence-corrected chi connectivity index (χ1v) is 9.60. The summed E-state index contributed by atoms with van der Waals surface area (Å²) in [4.78, 5) is 8.55. The lowest BCUT2D eigenvalue weighted by Crippen LogP contribution is -2.38. The van der Waals surface area contributed by atoms with Crippen LogP contribution in [0.4, 0.5) is 13.2 Å². The smallest absolute Gasteiger partial charge is 0.356 e. The van der Waals surface area contributed by atoms with Crippen LogP contribution in [-0.4, -0.2) is 29.1 Å². The van der Waals surface area contributed by atoms with Gasteiger partial charge >= 0.3 is 6.18 Å². The zero-order valence-electron chi connectivity index (χ0n) is 17.1. The highest BCUT2D eigenvalue weighted by atomic mass is 127. The van der Waals surface area contributed by atoms with Crippen molar-refractivity contribution in [1.82, 2.24) is 20.2 Å². The molecule has 0 saturated heterocycles. The van der Waals surface area contributed by atoms with Crippen molar-refractivity contribution in [1.29, 1.82) is 0 Å². The summed E-state index contributed by atoms with van der Waals surface area (Å²) in [7, 11) is 1.62. The minimum atomic E-state index is -4.35. The van der Waals surface area contributed by atoms with Crippen molar-refractivity contribution >= 4 is 29.9 Å². The first-order valence-electron chi connectivity index (χ1n) is 9.60. The fraction of sp³-hybridized carbons (Fsp3) is 0.273. The van der Waals surface area contributed by atoms with Gasteiger partial charge in [0.15, 0.2) is 5.96 Å². The van der Waals surface area contributed by atoms with Gasteiger partial charge < -0.3 is 15.2 Å². The van der Waals surface area contributed by atoms with Gasteiger partial charge in [-0.05, 0) is 23.3 Å². The molecule has 0 fully saturated rings. The van der Waals surface area contributed by atoms with E-state index in [1.54, 1.807) is 19.3 Å². The molecule has 0 spiro atoms. The van der Waals surface area contributed by atoms with E-state index >= 15 is 0 Å². The molecule has 0 amide bonds. The quantitative estimate of drug-likeness (QED) is 0.263. The number of nitrogens with one attached hydrogen (secondary N) is 2. The Bertz CT molecular complexity index is 971. The van der Waals surface area contributed by atoms with Gasteiger partial charge in [0.1, 0.15) is 5.82 Å². The van der Waals surface area contributed by atoms with Crippen LogP contribution in [0.2, 0.25) is 0 Å². The molecule has 9 heteroatoms. The van der Waals surface area contributed by atoms with E-state index in [0.717, 1.165) is 24.5 Å². The Kier molecular flexibility index (Phi) is 9.35. The van der Waals surface area contributed by atoms with Gasteiger partial charge in [-0.25, -0.2) is 4.98 Å². The summed E-state index contributed by atoms with van der Waals surface area (Å²) in [5, 5.41) is 6.22. The third-order valence-corrected chi connectivity index (χ3v) is 4.58. The summed E-state index contributed by atoms with van der Waals surface area (Å²) in [5.41, 5.74) is 1.07. The molecule has 0 aliphatic heterocycles. The molecule has 0 radical (unpaired) electrons. The van der Waals surface area contributed by atoms with E-state index in [1.807, 2.05) is 24.4 Å². The molecule has 166 valence electrons. The van der Waals surface area contributed by atoms with E-state index in [-0.39, 0.29) is 30.5 Å². The van der Waals surface area contributed by atoms with Crippen molar-refractivity contribution < 1.29 is 13.2 Å². The van der Waals surface area contributed by atoms with E-state index < -0.39 is 11.7 Å². The molecule has 3 rings (SSSR count). The number of halogens is 4. The Morgan fingerprint density at radius 2 is 1.77 bits per heavy atom. The zero-order valence-corrected chi connectivity index (χ0v) is 19.4. The Hall–Kier alpha value is -2.56. The van der Waals surface area contributed by atoms with E-state index in [1.165, 1.54) is 11.6 Å². The molecule has 0 saturated carbocycles. The van der Waals surface area contributed by atoms with Crippen molar-refractivity contribution in [2.24, 2.45) is 4.99 Å². The van der Waals surface area contributed by atoms with Crippen LogP contribution in [0.15, 0.2) is 72.0 Å². The van der Waals surface area contributed by atoms with E-state index in [2.05, 4.69) is 37.3 Å². The van der Waals surface area contributed by atoms with Gasteiger partial charge in [0.05, 0.1) is 5.56 Å². The third-order valence-electron chi connectivity index (χ3n) is 4.58. The number of aliphatic imine (C=N–C) groups is 1. The van der Waals surface area contributed by atoms with Gasteiger partial charge in [-0.1, -0.05) is 42.5 Å². The third kappa shape index (κ3) is 7.57. The molecular formula is C22H25F3IN5. The number of nitrogens with zero attached hydrogens (tertiary/aromatic N) is 3. The molecule has 1 heterocycles. The normalized spacial score (nSPS) is 11.7. The van der Waals surface area contributed by atoms with Crippen molar-refractivity contribution in [3.8, 4) is 0 Å². The van der Waals surface area contributed by atoms with Gasteiger partial charge in [0, 0.05) is 45.5 Å². The summed E-state index contributed by atoms with van der Waals surface area (Å²) in [6, 6.07) is 15.4. The molecule has 5 nitrogen and oxygen atoms in total. The molecule has 0 atom stereocenters. The fourth-order valence-corrected chi connectivity index (χ4v) is 3.05. The second-order valence-electron chi connectivity index (χ2n) is 6.76. The average molecular weight is 543 g/mol. The largest absolute Gasteiger partial charge is 0.416 e. The summed E-state index contributed by atoms with van der Waals surface area (Å²) >= 11 is 0. The summed E-state index contributed by atoms with van der Waals surface area (Å²) in [6.07, 6.45) is 0.0592. The number of rotatable bonds is 7. The first-order chi connectivity index (χ1) is 14.5. The Morgan fingerprint density at radius 3 is 2.48 bits per heavy atom. The monoisotopic (exact) mass is 543 g/mol. The summed E-state index contributed by atoms with van der Waals surface area (Å²) in [6.45, 7) is 1.58. The number of hydrogen-bond donors (Lipinski definition) is 2. The van der Waals surface area contributed by atoms with Crippen LogP contribution in [-0.2, 0) is 25.7 Å².